The van der Waals surface area contributed by atoms with Crippen molar-refractivity contribution in [1.29, 1.82) is 0 Å². The van der Waals surface area contributed by atoms with Gasteiger partial charge in [0.15, 0.2) is 0 Å². The summed E-state index contributed by atoms with van der Waals surface area (Å²) in [5, 5.41) is 0. The minimum Gasteiger partial charge on any atom is -0.103 e. The lowest BCUT2D eigenvalue weighted by atomic mass is 9.99. The summed E-state index contributed by atoms with van der Waals surface area (Å²) in [6.45, 7) is 6.05. The molecular weight excluding hydrogens is 168 g/mol. The largest absolute Gasteiger partial charge is 0.103 e. The molecule has 1 rings (SSSR count). The third-order valence-electron chi connectivity index (χ3n) is 3.18. The maximum absolute atomic E-state index is 3.79. The Hall–Kier alpha value is -0.520. The quantitative estimate of drug-likeness (QED) is 0.380. The minimum absolute atomic E-state index is 0.598. The molecule has 1 saturated carbocycles. The second-order valence-electron chi connectivity index (χ2n) is 4.59. The zero-order chi connectivity index (χ0) is 10.3. The van der Waals surface area contributed by atoms with Crippen molar-refractivity contribution in [3.63, 3.8) is 0 Å². The number of unbranched alkanes of at least 4 members (excludes halogenated alkanes) is 3. The summed E-state index contributed by atoms with van der Waals surface area (Å²) in [7, 11) is 0. The zero-order valence-electron chi connectivity index (χ0n) is 9.60. The molecule has 0 nitrogen and oxygen atoms in total. The first-order valence-electron chi connectivity index (χ1n) is 6.11. The first-order valence-corrected chi connectivity index (χ1v) is 6.11. The van der Waals surface area contributed by atoms with Crippen LogP contribution in [0.15, 0.2) is 24.8 Å². The molecule has 0 heterocycles. The molecule has 0 aromatic carbocycles. The van der Waals surface area contributed by atoms with Crippen LogP contribution < -0.4 is 0 Å². The maximum Gasteiger partial charge on any atom is -0.0115 e. The number of allylic oxidation sites excluding steroid dienone is 3. The molecule has 0 unspecified atom stereocenters. The predicted molar refractivity (Wildman–Crippen MR) is 64.4 cm³/mol. The standard InChI is InChI=1S/C14H24/c1-3-5-7-8-9-11-14(12-13-14)10-6-4-2/h4,9,11H,2-3,5-8,10,12-13H2,1H3. The summed E-state index contributed by atoms with van der Waals surface area (Å²) in [6.07, 6.45) is 17.6. The molecule has 14 heavy (non-hydrogen) atoms. The van der Waals surface area contributed by atoms with E-state index in [1.54, 1.807) is 0 Å². The van der Waals surface area contributed by atoms with Gasteiger partial charge in [0.05, 0.1) is 0 Å². The van der Waals surface area contributed by atoms with E-state index in [2.05, 4.69) is 25.7 Å². The van der Waals surface area contributed by atoms with E-state index >= 15 is 0 Å². The molecule has 0 saturated heterocycles. The van der Waals surface area contributed by atoms with Gasteiger partial charge in [-0.15, -0.1) is 6.58 Å². The summed E-state index contributed by atoms with van der Waals surface area (Å²) in [6, 6.07) is 0. The Morgan fingerprint density at radius 3 is 2.57 bits per heavy atom. The van der Waals surface area contributed by atoms with E-state index in [1.165, 1.54) is 51.4 Å². The molecule has 1 aliphatic rings. The van der Waals surface area contributed by atoms with E-state index in [0.29, 0.717) is 5.41 Å². The SMILES string of the molecule is C=CCCC1(C=CCCCCC)CC1. The van der Waals surface area contributed by atoms with Crippen LogP contribution in [0, 0.1) is 5.41 Å². The van der Waals surface area contributed by atoms with Crippen LogP contribution in [0.4, 0.5) is 0 Å². The second-order valence-corrected chi connectivity index (χ2v) is 4.59. The Kier molecular flexibility index (Phi) is 5.00. The summed E-state index contributed by atoms with van der Waals surface area (Å²) in [4.78, 5) is 0. The average molecular weight is 192 g/mol. The molecular formula is C14H24. The van der Waals surface area contributed by atoms with Crippen molar-refractivity contribution in [1.82, 2.24) is 0 Å². The fraction of sp³-hybridized carbons (Fsp3) is 0.714. The minimum atomic E-state index is 0.598. The lowest BCUT2D eigenvalue weighted by molar-refractivity contribution is 0.588. The molecule has 0 spiro atoms. The Morgan fingerprint density at radius 1 is 1.21 bits per heavy atom. The lowest BCUT2D eigenvalue weighted by Crippen LogP contribution is -1.93. The van der Waals surface area contributed by atoms with Gasteiger partial charge in [0.2, 0.25) is 0 Å². The molecule has 0 aromatic rings. The Morgan fingerprint density at radius 2 is 2.00 bits per heavy atom. The fourth-order valence-electron chi connectivity index (χ4n) is 1.90. The van der Waals surface area contributed by atoms with Crippen LogP contribution in [0.2, 0.25) is 0 Å². The summed E-state index contributed by atoms with van der Waals surface area (Å²) < 4.78 is 0. The predicted octanol–water partition coefficient (Wildman–Crippen LogP) is 4.87. The highest BCUT2D eigenvalue weighted by Crippen LogP contribution is 2.51. The number of hydrogen-bond donors (Lipinski definition) is 0. The van der Waals surface area contributed by atoms with Gasteiger partial charge in [-0.2, -0.15) is 0 Å². The van der Waals surface area contributed by atoms with Crippen LogP contribution in [-0.4, -0.2) is 0 Å². The van der Waals surface area contributed by atoms with Gasteiger partial charge in [-0.1, -0.05) is 38.0 Å². The van der Waals surface area contributed by atoms with Gasteiger partial charge in [-0.25, -0.2) is 0 Å². The van der Waals surface area contributed by atoms with Crippen molar-refractivity contribution < 1.29 is 0 Å². The van der Waals surface area contributed by atoms with E-state index in [4.69, 9.17) is 0 Å². The van der Waals surface area contributed by atoms with Gasteiger partial charge < -0.3 is 0 Å². The molecule has 0 aromatic heterocycles. The maximum atomic E-state index is 3.79. The smallest absolute Gasteiger partial charge is 0.0115 e. The summed E-state index contributed by atoms with van der Waals surface area (Å²) in [5.74, 6) is 0. The van der Waals surface area contributed by atoms with Crippen LogP contribution in [0.5, 0.6) is 0 Å². The van der Waals surface area contributed by atoms with E-state index in [9.17, 15) is 0 Å². The third kappa shape index (κ3) is 4.13. The van der Waals surface area contributed by atoms with Gasteiger partial charge in [-0.05, 0) is 43.9 Å². The molecule has 0 amide bonds. The highest BCUT2D eigenvalue weighted by Gasteiger charge is 2.38. The van der Waals surface area contributed by atoms with Crippen LogP contribution >= 0.6 is 0 Å². The molecule has 1 fully saturated rings. The molecule has 80 valence electrons. The molecule has 0 radical (unpaired) electrons. The van der Waals surface area contributed by atoms with E-state index in [0.717, 1.165) is 0 Å². The normalized spacial score (nSPS) is 18.6. The van der Waals surface area contributed by atoms with Crippen LogP contribution in [0.1, 0.15) is 58.3 Å². The molecule has 0 aliphatic heterocycles. The van der Waals surface area contributed by atoms with Crippen molar-refractivity contribution in [2.75, 3.05) is 0 Å². The van der Waals surface area contributed by atoms with E-state index in [-0.39, 0.29) is 0 Å². The third-order valence-corrected chi connectivity index (χ3v) is 3.18. The van der Waals surface area contributed by atoms with E-state index in [1.807, 2.05) is 6.08 Å². The topological polar surface area (TPSA) is 0 Å². The molecule has 1 aliphatic carbocycles. The monoisotopic (exact) mass is 192 g/mol. The van der Waals surface area contributed by atoms with Gasteiger partial charge in [0.25, 0.3) is 0 Å². The summed E-state index contributed by atoms with van der Waals surface area (Å²) >= 11 is 0. The van der Waals surface area contributed by atoms with Crippen molar-refractivity contribution in [3.8, 4) is 0 Å². The molecule has 0 bridgehead atoms. The average Bonchev–Trinajstić information content (AvgIpc) is 2.96. The van der Waals surface area contributed by atoms with Crippen molar-refractivity contribution in [3.05, 3.63) is 24.8 Å². The Balaban J connectivity index is 2.12. The van der Waals surface area contributed by atoms with Gasteiger partial charge in [0.1, 0.15) is 0 Å². The van der Waals surface area contributed by atoms with Crippen molar-refractivity contribution in [2.45, 2.75) is 58.3 Å². The number of rotatable bonds is 8. The molecule has 0 N–H and O–H groups in total. The van der Waals surface area contributed by atoms with Crippen LogP contribution in [-0.2, 0) is 0 Å². The highest BCUT2D eigenvalue weighted by atomic mass is 14.4. The first-order chi connectivity index (χ1) is 6.83. The Bertz CT molecular complexity index is 184. The van der Waals surface area contributed by atoms with Gasteiger partial charge in [-0.3, -0.25) is 0 Å². The van der Waals surface area contributed by atoms with Crippen molar-refractivity contribution in [2.24, 2.45) is 5.41 Å². The van der Waals surface area contributed by atoms with E-state index < -0.39 is 0 Å². The van der Waals surface area contributed by atoms with Crippen LogP contribution in [0.25, 0.3) is 0 Å². The van der Waals surface area contributed by atoms with Gasteiger partial charge >= 0.3 is 0 Å². The fourth-order valence-corrected chi connectivity index (χ4v) is 1.90. The van der Waals surface area contributed by atoms with Crippen molar-refractivity contribution >= 4 is 0 Å². The first kappa shape index (κ1) is 11.6. The van der Waals surface area contributed by atoms with Crippen LogP contribution in [0.3, 0.4) is 0 Å². The highest BCUT2D eigenvalue weighted by molar-refractivity contribution is 5.09. The van der Waals surface area contributed by atoms with Gasteiger partial charge in [0, 0.05) is 0 Å². The number of hydrogen-bond acceptors (Lipinski definition) is 0. The molecule has 0 atom stereocenters. The lowest BCUT2D eigenvalue weighted by Gasteiger charge is -2.06. The second kappa shape index (κ2) is 6.06. The Labute approximate surface area is 89.1 Å². The summed E-state index contributed by atoms with van der Waals surface area (Å²) in [5.41, 5.74) is 0.598. The molecule has 0 heteroatoms. The zero-order valence-corrected chi connectivity index (χ0v) is 9.60.